The maximum atomic E-state index is 13.0. The zero-order valence-electron chi connectivity index (χ0n) is 13.6. The van der Waals surface area contributed by atoms with Crippen LogP contribution in [0.2, 0.25) is 0 Å². The number of esters is 1. The number of hydrogen-bond acceptors (Lipinski definition) is 5. The zero-order chi connectivity index (χ0) is 18.0. The Bertz CT molecular complexity index is 851. The molecule has 0 spiro atoms. The quantitative estimate of drug-likeness (QED) is 0.678. The Kier molecular flexibility index (Phi) is 5.62. The summed E-state index contributed by atoms with van der Waals surface area (Å²) in [5.41, 5.74) is 1.03. The number of rotatable bonds is 4. The third-order valence-electron chi connectivity index (χ3n) is 4.37. The summed E-state index contributed by atoms with van der Waals surface area (Å²) >= 11 is 4.48. The number of nitrogens with zero attached hydrogens (tertiary/aromatic N) is 1. The molecule has 1 fully saturated rings. The summed E-state index contributed by atoms with van der Waals surface area (Å²) in [7, 11) is -2.31. The van der Waals surface area contributed by atoms with E-state index in [2.05, 4.69) is 15.9 Å². The van der Waals surface area contributed by atoms with Crippen molar-refractivity contribution >= 4 is 43.3 Å². The van der Waals surface area contributed by atoms with Gasteiger partial charge in [-0.3, -0.25) is 4.79 Å². The van der Waals surface area contributed by atoms with Gasteiger partial charge in [-0.25, -0.2) is 8.42 Å². The molecule has 1 aromatic carbocycles. The number of hydrogen-bond donors (Lipinski definition) is 0. The minimum atomic E-state index is -3.64. The van der Waals surface area contributed by atoms with Crippen LogP contribution in [0.4, 0.5) is 0 Å². The molecule has 2 unspecified atom stereocenters. The third-order valence-corrected chi connectivity index (χ3v) is 8.29. The van der Waals surface area contributed by atoms with Crippen LogP contribution in [0, 0.1) is 5.92 Å². The van der Waals surface area contributed by atoms with Crippen LogP contribution in [0.25, 0.3) is 0 Å². The van der Waals surface area contributed by atoms with Crippen LogP contribution < -0.4 is 0 Å². The fraction of sp³-hybridized carbons (Fsp3) is 0.353. The smallest absolute Gasteiger partial charge is 0.310 e. The molecular weight excluding hydrogens is 426 g/mol. The molecule has 8 heteroatoms. The van der Waals surface area contributed by atoms with Gasteiger partial charge in [-0.15, -0.1) is 11.3 Å². The van der Waals surface area contributed by atoms with Crippen LogP contribution in [-0.4, -0.2) is 38.9 Å². The molecule has 3 rings (SSSR count). The number of ether oxygens (including phenoxy) is 1. The van der Waals surface area contributed by atoms with E-state index in [1.807, 2.05) is 30.3 Å². The van der Waals surface area contributed by atoms with Crippen molar-refractivity contribution in [2.45, 2.75) is 16.5 Å². The molecule has 0 bridgehead atoms. The van der Waals surface area contributed by atoms with Crippen LogP contribution in [-0.2, 0) is 19.6 Å². The first-order chi connectivity index (χ1) is 11.9. The van der Waals surface area contributed by atoms with Crippen LogP contribution in [0.1, 0.15) is 17.9 Å². The number of methoxy groups -OCH3 is 1. The van der Waals surface area contributed by atoms with Crippen molar-refractivity contribution in [1.82, 2.24) is 4.31 Å². The molecule has 2 atom stereocenters. The van der Waals surface area contributed by atoms with Gasteiger partial charge in [0.1, 0.15) is 4.21 Å². The summed E-state index contributed by atoms with van der Waals surface area (Å²) in [6.45, 7) is 0.503. The van der Waals surface area contributed by atoms with Crippen molar-refractivity contribution in [3.63, 3.8) is 0 Å². The van der Waals surface area contributed by atoms with Gasteiger partial charge in [-0.05, 0) is 46.0 Å². The fourth-order valence-electron chi connectivity index (χ4n) is 3.12. The topological polar surface area (TPSA) is 63.7 Å². The molecule has 1 aliphatic rings. The first-order valence-corrected chi connectivity index (χ1v) is 10.8. The van der Waals surface area contributed by atoms with Crippen LogP contribution in [0.15, 0.2) is 50.5 Å². The minimum Gasteiger partial charge on any atom is -0.469 e. The molecule has 0 aliphatic carbocycles. The Labute approximate surface area is 159 Å². The van der Waals surface area contributed by atoms with Crippen molar-refractivity contribution in [2.75, 3.05) is 20.2 Å². The molecule has 2 heterocycles. The maximum Gasteiger partial charge on any atom is 0.310 e. The van der Waals surface area contributed by atoms with Crippen molar-refractivity contribution in [1.29, 1.82) is 0 Å². The highest BCUT2D eigenvalue weighted by Gasteiger charge is 2.39. The van der Waals surface area contributed by atoms with Gasteiger partial charge in [0.15, 0.2) is 0 Å². The molecule has 0 saturated carbocycles. The number of sulfonamides is 1. The van der Waals surface area contributed by atoms with E-state index in [0.29, 0.717) is 13.0 Å². The van der Waals surface area contributed by atoms with Gasteiger partial charge in [0, 0.05) is 13.1 Å². The monoisotopic (exact) mass is 443 g/mol. The molecule has 1 aromatic heterocycles. The largest absolute Gasteiger partial charge is 0.469 e. The predicted octanol–water partition coefficient (Wildman–Crippen LogP) is 3.48. The van der Waals surface area contributed by atoms with Gasteiger partial charge in [-0.2, -0.15) is 4.31 Å². The number of halogens is 1. The predicted molar refractivity (Wildman–Crippen MR) is 100 cm³/mol. The van der Waals surface area contributed by atoms with Gasteiger partial charge in [-0.1, -0.05) is 30.3 Å². The molecule has 0 amide bonds. The van der Waals surface area contributed by atoms with Crippen LogP contribution in [0.5, 0.6) is 0 Å². The summed E-state index contributed by atoms with van der Waals surface area (Å²) in [6, 6.07) is 13.0. The third kappa shape index (κ3) is 3.97. The Morgan fingerprint density at radius 2 is 1.92 bits per heavy atom. The lowest BCUT2D eigenvalue weighted by molar-refractivity contribution is -0.146. The first kappa shape index (κ1) is 18.6. The number of carbonyl (C=O) groups is 1. The molecule has 1 aliphatic heterocycles. The Morgan fingerprint density at radius 3 is 2.52 bits per heavy atom. The molecular formula is C17H18BrNO4S2. The lowest BCUT2D eigenvalue weighted by Gasteiger charge is -2.35. The molecule has 25 heavy (non-hydrogen) atoms. The van der Waals surface area contributed by atoms with Crippen molar-refractivity contribution in [3.05, 3.63) is 51.8 Å². The summed E-state index contributed by atoms with van der Waals surface area (Å²) in [4.78, 5) is 12.1. The molecule has 0 radical (unpaired) electrons. The van der Waals surface area contributed by atoms with Gasteiger partial charge in [0.05, 0.1) is 16.8 Å². The zero-order valence-corrected chi connectivity index (χ0v) is 16.8. The molecule has 1 saturated heterocycles. The van der Waals surface area contributed by atoms with Gasteiger partial charge in [0.2, 0.25) is 0 Å². The normalized spacial score (nSPS) is 21.8. The first-order valence-electron chi connectivity index (χ1n) is 7.80. The summed E-state index contributed by atoms with van der Waals surface area (Å²) in [6.07, 6.45) is 0.580. The van der Waals surface area contributed by atoms with E-state index in [9.17, 15) is 13.2 Å². The number of carbonyl (C=O) groups excluding carboxylic acids is 1. The second kappa shape index (κ2) is 7.57. The highest BCUT2D eigenvalue weighted by Crippen LogP contribution is 2.36. The molecule has 134 valence electrons. The van der Waals surface area contributed by atoms with Gasteiger partial charge >= 0.3 is 5.97 Å². The van der Waals surface area contributed by atoms with Crippen molar-refractivity contribution < 1.29 is 17.9 Å². The van der Waals surface area contributed by atoms with E-state index >= 15 is 0 Å². The Morgan fingerprint density at radius 1 is 1.20 bits per heavy atom. The van der Waals surface area contributed by atoms with E-state index in [1.54, 1.807) is 12.1 Å². The Hall–Kier alpha value is -1.22. The van der Waals surface area contributed by atoms with Crippen LogP contribution >= 0.6 is 27.3 Å². The SMILES string of the molecule is COC(=O)C1CC(c2ccccc2)CN(S(=O)(=O)c2ccc(Br)s2)C1. The summed E-state index contributed by atoms with van der Waals surface area (Å²) in [5, 5.41) is 0. The number of piperidine rings is 1. The van der Waals surface area contributed by atoms with E-state index in [4.69, 9.17) is 4.74 Å². The fourth-order valence-corrected chi connectivity index (χ4v) is 6.82. The van der Waals surface area contributed by atoms with E-state index in [1.165, 1.54) is 22.8 Å². The average molecular weight is 444 g/mol. The summed E-state index contributed by atoms with van der Waals surface area (Å²) < 4.78 is 33.3. The standard InChI is InChI=1S/C17H18BrNO4S2/c1-23-17(20)14-9-13(12-5-3-2-4-6-12)10-19(11-14)25(21,22)16-8-7-15(18)24-16/h2-8,13-14H,9-11H2,1H3. The lowest BCUT2D eigenvalue weighted by atomic mass is 9.85. The van der Waals surface area contributed by atoms with E-state index in [0.717, 1.165) is 9.35 Å². The van der Waals surface area contributed by atoms with Gasteiger partial charge in [0.25, 0.3) is 10.0 Å². The molecule has 2 aromatic rings. The summed E-state index contributed by atoms with van der Waals surface area (Å²) in [5.74, 6) is -0.882. The minimum absolute atomic E-state index is 0.0442. The lowest BCUT2D eigenvalue weighted by Crippen LogP contribution is -2.45. The second-order valence-corrected chi connectivity index (χ2v) is 10.6. The highest BCUT2D eigenvalue weighted by molar-refractivity contribution is 9.11. The Balaban J connectivity index is 1.93. The van der Waals surface area contributed by atoms with E-state index < -0.39 is 15.9 Å². The molecule has 5 nitrogen and oxygen atoms in total. The van der Waals surface area contributed by atoms with Crippen molar-refractivity contribution in [3.8, 4) is 0 Å². The molecule has 0 N–H and O–H groups in total. The van der Waals surface area contributed by atoms with E-state index in [-0.39, 0.29) is 22.6 Å². The van der Waals surface area contributed by atoms with Crippen molar-refractivity contribution in [2.24, 2.45) is 5.92 Å². The maximum absolute atomic E-state index is 13.0. The second-order valence-electron chi connectivity index (χ2n) is 5.94. The van der Waals surface area contributed by atoms with Crippen LogP contribution in [0.3, 0.4) is 0 Å². The highest BCUT2D eigenvalue weighted by atomic mass is 79.9. The average Bonchev–Trinajstić information content (AvgIpc) is 3.08. The number of benzene rings is 1. The van der Waals surface area contributed by atoms with Gasteiger partial charge < -0.3 is 4.74 Å². The number of thiophene rings is 1.